The summed E-state index contributed by atoms with van der Waals surface area (Å²) in [6, 6.07) is 9.44. The van der Waals surface area contributed by atoms with Gasteiger partial charge in [0.25, 0.3) is 0 Å². The summed E-state index contributed by atoms with van der Waals surface area (Å²) in [7, 11) is 0. The molecule has 0 amide bonds. The number of benzene rings is 1. The van der Waals surface area contributed by atoms with E-state index in [-0.39, 0.29) is 0 Å². The van der Waals surface area contributed by atoms with Gasteiger partial charge in [0.1, 0.15) is 5.75 Å². The molecule has 4 rings (SSSR count). The van der Waals surface area contributed by atoms with Crippen LogP contribution in [0.15, 0.2) is 55.1 Å². The minimum absolute atomic E-state index is 0.305. The number of anilines is 2. The first kappa shape index (κ1) is 17.4. The van der Waals surface area contributed by atoms with Crippen molar-refractivity contribution >= 4 is 11.8 Å². The van der Waals surface area contributed by atoms with Gasteiger partial charge in [-0.05, 0) is 43.1 Å². The molecule has 7 heteroatoms. The highest BCUT2D eigenvalue weighted by molar-refractivity contribution is 5.45. The highest BCUT2D eigenvalue weighted by Gasteiger charge is 2.23. The van der Waals surface area contributed by atoms with Crippen LogP contribution in [0.2, 0.25) is 0 Å². The first-order valence-corrected chi connectivity index (χ1v) is 9.12. The minimum atomic E-state index is 0.305. The Morgan fingerprint density at radius 2 is 1.96 bits per heavy atom. The van der Waals surface area contributed by atoms with Gasteiger partial charge in [-0.25, -0.2) is 15.0 Å². The van der Waals surface area contributed by atoms with Crippen molar-refractivity contribution in [3.8, 4) is 5.75 Å². The molecule has 3 heterocycles. The van der Waals surface area contributed by atoms with Crippen LogP contribution < -0.4 is 5.32 Å². The van der Waals surface area contributed by atoms with Crippen LogP contribution in [0.4, 0.5) is 11.8 Å². The fourth-order valence-electron chi connectivity index (χ4n) is 3.44. The zero-order valence-corrected chi connectivity index (χ0v) is 15.0. The number of hydrogen-bond donors (Lipinski definition) is 2. The highest BCUT2D eigenvalue weighted by atomic mass is 16.3. The lowest BCUT2D eigenvalue weighted by Crippen LogP contribution is -2.34. The second kappa shape index (κ2) is 8.09. The first-order valence-electron chi connectivity index (χ1n) is 9.12. The van der Waals surface area contributed by atoms with Crippen molar-refractivity contribution in [3.63, 3.8) is 0 Å². The minimum Gasteiger partial charge on any atom is -0.508 e. The van der Waals surface area contributed by atoms with Crippen molar-refractivity contribution < 1.29 is 5.11 Å². The first-order chi connectivity index (χ1) is 13.3. The summed E-state index contributed by atoms with van der Waals surface area (Å²) in [6.07, 6.45) is 8.96. The van der Waals surface area contributed by atoms with Crippen LogP contribution in [-0.4, -0.2) is 43.0 Å². The number of rotatable bonds is 5. The van der Waals surface area contributed by atoms with Gasteiger partial charge in [-0.15, -0.1) is 0 Å². The van der Waals surface area contributed by atoms with Crippen LogP contribution in [0.1, 0.15) is 30.0 Å². The molecule has 3 aromatic rings. The number of nitrogens with one attached hydrogen (secondary N) is 1. The number of hydrogen-bond acceptors (Lipinski definition) is 7. The largest absolute Gasteiger partial charge is 0.508 e. The molecule has 1 unspecified atom stereocenters. The molecule has 1 saturated heterocycles. The molecule has 0 bridgehead atoms. The van der Waals surface area contributed by atoms with E-state index in [0.29, 0.717) is 23.4 Å². The van der Waals surface area contributed by atoms with Gasteiger partial charge < -0.3 is 10.4 Å². The normalized spacial score (nSPS) is 17.6. The Morgan fingerprint density at radius 3 is 2.78 bits per heavy atom. The lowest BCUT2D eigenvalue weighted by Gasteiger charge is -2.32. The number of phenols is 1. The summed E-state index contributed by atoms with van der Waals surface area (Å²) >= 11 is 0. The number of piperidine rings is 1. The quantitative estimate of drug-likeness (QED) is 0.721. The number of likely N-dealkylation sites (tertiary alicyclic amines) is 1. The second-order valence-electron chi connectivity index (χ2n) is 6.76. The van der Waals surface area contributed by atoms with Crippen molar-refractivity contribution in [1.82, 2.24) is 24.8 Å². The van der Waals surface area contributed by atoms with Crippen molar-refractivity contribution in [2.45, 2.75) is 25.3 Å². The zero-order chi connectivity index (χ0) is 18.5. The Labute approximate surface area is 158 Å². The van der Waals surface area contributed by atoms with Gasteiger partial charge >= 0.3 is 0 Å². The third-order valence-electron chi connectivity index (χ3n) is 4.75. The van der Waals surface area contributed by atoms with Gasteiger partial charge in [0, 0.05) is 37.6 Å². The zero-order valence-electron chi connectivity index (χ0n) is 15.0. The molecule has 2 N–H and O–H groups in total. The van der Waals surface area contributed by atoms with Crippen molar-refractivity contribution in [2.24, 2.45) is 0 Å². The molecule has 0 radical (unpaired) electrons. The molecular formula is C20H22N6O. The Morgan fingerprint density at radius 1 is 1.07 bits per heavy atom. The molecule has 1 aromatic carbocycles. The van der Waals surface area contributed by atoms with E-state index in [9.17, 15) is 5.11 Å². The lowest BCUT2D eigenvalue weighted by molar-refractivity contribution is 0.198. The lowest BCUT2D eigenvalue weighted by atomic mass is 9.94. The molecule has 0 aliphatic carbocycles. The predicted molar refractivity (Wildman–Crippen MR) is 103 cm³/mol. The van der Waals surface area contributed by atoms with E-state index >= 15 is 0 Å². The van der Waals surface area contributed by atoms with Gasteiger partial charge in [0.05, 0.1) is 11.9 Å². The fourth-order valence-corrected chi connectivity index (χ4v) is 3.44. The Bertz CT molecular complexity index is 871. The average Bonchev–Trinajstić information content (AvgIpc) is 2.71. The second-order valence-corrected chi connectivity index (χ2v) is 6.76. The third kappa shape index (κ3) is 4.57. The highest BCUT2D eigenvalue weighted by Crippen LogP contribution is 2.27. The van der Waals surface area contributed by atoms with E-state index < -0.39 is 0 Å². The Hall–Kier alpha value is -3.06. The maximum absolute atomic E-state index is 9.44. The van der Waals surface area contributed by atoms with E-state index in [1.165, 1.54) is 5.56 Å². The fraction of sp³-hybridized carbons (Fsp3) is 0.300. The van der Waals surface area contributed by atoms with Crippen LogP contribution in [0.25, 0.3) is 0 Å². The summed E-state index contributed by atoms with van der Waals surface area (Å²) in [5.41, 5.74) is 2.26. The topological polar surface area (TPSA) is 87.1 Å². The van der Waals surface area contributed by atoms with E-state index in [1.54, 1.807) is 36.9 Å². The van der Waals surface area contributed by atoms with E-state index in [4.69, 9.17) is 4.98 Å². The van der Waals surface area contributed by atoms with Crippen LogP contribution in [0.5, 0.6) is 5.75 Å². The predicted octanol–water partition coefficient (Wildman–Crippen LogP) is 3.10. The summed E-state index contributed by atoms with van der Waals surface area (Å²) in [4.78, 5) is 19.7. The number of aromatic hydroxyl groups is 1. The SMILES string of the molecule is Oc1ccc(CN2CCCC(c3ccnc(Nc4cnccn4)n3)C2)cc1. The van der Waals surface area contributed by atoms with Crippen molar-refractivity contribution in [3.05, 3.63) is 66.4 Å². The van der Waals surface area contributed by atoms with E-state index in [0.717, 1.165) is 38.2 Å². The van der Waals surface area contributed by atoms with E-state index in [2.05, 4.69) is 25.2 Å². The summed E-state index contributed by atoms with van der Waals surface area (Å²) in [5.74, 6) is 1.86. The smallest absolute Gasteiger partial charge is 0.228 e. The van der Waals surface area contributed by atoms with Crippen LogP contribution in [0.3, 0.4) is 0 Å². The summed E-state index contributed by atoms with van der Waals surface area (Å²) in [6.45, 7) is 2.92. The van der Waals surface area contributed by atoms with Crippen molar-refractivity contribution in [2.75, 3.05) is 18.4 Å². The Kier molecular flexibility index (Phi) is 5.20. The molecule has 0 spiro atoms. The molecule has 27 heavy (non-hydrogen) atoms. The van der Waals surface area contributed by atoms with Gasteiger partial charge in [0.15, 0.2) is 5.82 Å². The van der Waals surface area contributed by atoms with Gasteiger partial charge in [0.2, 0.25) is 5.95 Å². The third-order valence-corrected chi connectivity index (χ3v) is 4.75. The molecule has 138 valence electrons. The molecule has 1 atom stereocenters. The van der Waals surface area contributed by atoms with Crippen LogP contribution in [-0.2, 0) is 6.54 Å². The Balaban J connectivity index is 1.43. The molecule has 0 saturated carbocycles. The molecule has 1 aliphatic heterocycles. The summed E-state index contributed by atoms with van der Waals surface area (Å²) < 4.78 is 0. The van der Waals surface area contributed by atoms with Gasteiger partial charge in [-0.2, -0.15) is 0 Å². The molecule has 7 nitrogen and oxygen atoms in total. The van der Waals surface area contributed by atoms with Gasteiger partial charge in [-0.1, -0.05) is 12.1 Å². The number of nitrogens with zero attached hydrogens (tertiary/aromatic N) is 5. The molecule has 2 aromatic heterocycles. The molecular weight excluding hydrogens is 340 g/mol. The summed E-state index contributed by atoms with van der Waals surface area (Å²) in [5, 5.41) is 12.5. The van der Waals surface area contributed by atoms with Crippen molar-refractivity contribution in [1.29, 1.82) is 0 Å². The average molecular weight is 362 g/mol. The number of aromatic nitrogens is 4. The van der Waals surface area contributed by atoms with E-state index in [1.807, 2.05) is 18.2 Å². The monoisotopic (exact) mass is 362 g/mol. The van der Waals surface area contributed by atoms with Gasteiger partial charge in [-0.3, -0.25) is 9.88 Å². The van der Waals surface area contributed by atoms with Crippen LogP contribution >= 0.6 is 0 Å². The maximum Gasteiger partial charge on any atom is 0.228 e. The number of phenolic OH excluding ortho intramolecular Hbond substituents is 1. The molecule has 1 fully saturated rings. The maximum atomic E-state index is 9.44. The molecule has 1 aliphatic rings. The van der Waals surface area contributed by atoms with Crippen LogP contribution in [0, 0.1) is 0 Å². The standard InChI is InChI=1S/C20H22N6O/c27-17-5-3-15(4-6-17)13-26-11-1-2-16(14-26)18-7-8-23-20(24-18)25-19-12-21-9-10-22-19/h3-10,12,16,27H,1-2,11,13-14H2,(H,22,23,24,25).